The first kappa shape index (κ1) is 11.6. The molecule has 0 N–H and O–H groups in total. The van der Waals surface area contributed by atoms with Gasteiger partial charge in [-0.25, -0.2) is 0 Å². The van der Waals surface area contributed by atoms with Gasteiger partial charge in [0.05, 0.1) is 32.0 Å². The predicted octanol–water partition coefficient (Wildman–Crippen LogP) is 1.97. The van der Waals surface area contributed by atoms with E-state index in [-0.39, 0.29) is 0 Å². The summed E-state index contributed by atoms with van der Waals surface area (Å²) in [7, 11) is 0. The summed E-state index contributed by atoms with van der Waals surface area (Å²) in [5.74, 6) is 0.576. The molecule has 15 heavy (non-hydrogen) atoms. The van der Waals surface area contributed by atoms with Crippen molar-refractivity contribution in [2.75, 3.05) is 25.7 Å². The minimum absolute atomic E-state index is 0.373. The molecule has 0 aromatic carbocycles. The molecule has 3 atom stereocenters. The second-order valence-corrected chi connectivity index (χ2v) is 4.59. The fourth-order valence-corrected chi connectivity index (χ4v) is 1.92. The van der Waals surface area contributed by atoms with Crippen LogP contribution in [0.15, 0.2) is 0 Å². The molecule has 1 saturated carbocycles. The van der Waals surface area contributed by atoms with Crippen LogP contribution in [0.2, 0.25) is 0 Å². The molecule has 0 spiro atoms. The number of halogens is 1. The van der Waals surface area contributed by atoms with Crippen molar-refractivity contribution in [1.29, 1.82) is 0 Å². The van der Waals surface area contributed by atoms with Crippen LogP contribution in [0, 0.1) is 0 Å². The second-order valence-electron chi connectivity index (χ2n) is 4.22. The molecule has 2 aliphatic heterocycles. The van der Waals surface area contributed by atoms with Crippen LogP contribution in [0.3, 0.4) is 0 Å². The molecule has 0 radical (unpaired) electrons. The van der Waals surface area contributed by atoms with Gasteiger partial charge in [-0.1, -0.05) is 12.8 Å². The summed E-state index contributed by atoms with van der Waals surface area (Å²) in [6, 6.07) is 0. The van der Waals surface area contributed by atoms with Crippen molar-refractivity contribution in [2.45, 2.75) is 44.0 Å². The van der Waals surface area contributed by atoms with Gasteiger partial charge in [0.25, 0.3) is 0 Å². The van der Waals surface area contributed by atoms with E-state index in [2.05, 4.69) is 0 Å². The summed E-state index contributed by atoms with van der Waals surface area (Å²) in [6.07, 6.45) is 7.26. The highest BCUT2D eigenvalue weighted by Gasteiger charge is 2.39. The van der Waals surface area contributed by atoms with Gasteiger partial charge in [0.2, 0.25) is 0 Å². The Hall–Kier alpha value is 0.170. The smallest absolute Gasteiger partial charge is 0.104 e. The predicted molar refractivity (Wildman–Crippen MR) is 58.4 cm³/mol. The van der Waals surface area contributed by atoms with Crippen molar-refractivity contribution in [3.63, 3.8) is 0 Å². The van der Waals surface area contributed by atoms with Crippen LogP contribution in [0.5, 0.6) is 0 Å². The fourth-order valence-electron chi connectivity index (χ4n) is 1.81. The fraction of sp³-hybridized carbons (Fsp3) is 1.00. The van der Waals surface area contributed by atoms with E-state index >= 15 is 0 Å². The van der Waals surface area contributed by atoms with Gasteiger partial charge < -0.3 is 14.2 Å². The molecular formula is C11H19ClO3. The van der Waals surface area contributed by atoms with E-state index in [1.165, 1.54) is 25.7 Å². The highest BCUT2D eigenvalue weighted by Crippen LogP contribution is 2.35. The summed E-state index contributed by atoms with van der Waals surface area (Å²) in [5, 5.41) is 0. The lowest BCUT2D eigenvalue weighted by Gasteiger charge is -2.00. The first-order valence-corrected chi connectivity index (χ1v) is 6.34. The summed E-state index contributed by atoms with van der Waals surface area (Å²) < 4.78 is 15.2. The number of epoxide rings is 2. The van der Waals surface area contributed by atoms with Crippen LogP contribution >= 0.6 is 11.6 Å². The van der Waals surface area contributed by atoms with Crippen LogP contribution in [-0.4, -0.2) is 44.0 Å². The summed E-state index contributed by atoms with van der Waals surface area (Å²) >= 11 is 5.34. The Labute approximate surface area is 96.0 Å². The minimum atomic E-state index is 0.373. The van der Waals surface area contributed by atoms with Crippen LogP contribution in [0.1, 0.15) is 25.7 Å². The molecule has 0 amide bonds. The van der Waals surface area contributed by atoms with E-state index in [1.807, 2.05) is 0 Å². The standard InChI is InChI=1S/C6H10O.C5H9ClO2/c1-2-4-6-5(3-1)7-6;6-1-2-7-3-5-4-8-5/h5-6H,1-4H2;5H,1-4H2. The highest BCUT2D eigenvalue weighted by atomic mass is 35.5. The van der Waals surface area contributed by atoms with Gasteiger partial charge in [0, 0.05) is 5.88 Å². The topological polar surface area (TPSA) is 34.3 Å². The van der Waals surface area contributed by atoms with Gasteiger partial charge in [-0.2, -0.15) is 0 Å². The van der Waals surface area contributed by atoms with Crippen molar-refractivity contribution in [3.05, 3.63) is 0 Å². The number of hydrogen-bond donors (Lipinski definition) is 0. The highest BCUT2D eigenvalue weighted by molar-refractivity contribution is 6.17. The molecule has 3 nitrogen and oxygen atoms in total. The lowest BCUT2D eigenvalue weighted by atomic mass is 10.0. The number of hydrogen-bond acceptors (Lipinski definition) is 3. The quantitative estimate of drug-likeness (QED) is 0.424. The van der Waals surface area contributed by atoms with Gasteiger partial charge in [-0.15, -0.1) is 11.6 Å². The molecule has 0 bridgehead atoms. The second kappa shape index (κ2) is 6.04. The zero-order valence-electron chi connectivity index (χ0n) is 8.99. The molecule has 3 unspecified atom stereocenters. The van der Waals surface area contributed by atoms with E-state index in [1.54, 1.807) is 0 Å². The van der Waals surface area contributed by atoms with E-state index in [9.17, 15) is 0 Å². The van der Waals surface area contributed by atoms with Crippen LogP contribution < -0.4 is 0 Å². The Balaban J connectivity index is 0.000000114. The average molecular weight is 235 g/mol. The van der Waals surface area contributed by atoms with Crippen LogP contribution in [0.25, 0.3) is 0 Å². The van der Waals surface area contributed by atoms with Gasteiger partial charge in [-0.05, 0) is 12.8 Å². The molecule has 3 fully saturated rings. The molecular weight excluding hydrogens is 216 g/mol. The zero-order chi connectivity index (χ0) is 10.5. The SMILES string of the molecule is C1CCC2OC2C1.ClCCOCC1CO1. The third kappa shape index (κ3) is 4.68. The normalized spacial score (nSPS) is 36.2. The lowest BCUT2D eigenvalue weighted by Crippen LogP contribution is -2.02. The molecule has 2 heterocycles. The van der Waals surface area contributed by atoms with E-state index in [0.717, 1.165) is 6.61 Å². The first-order valence-electron chi connectivity index (χ1n) is 5.81. The molecule has 0 aromatic heterocycles. The van der Waals surface area contributed by atoms with Crippen LogP contribution in [0.4, 0.5) is 0 Å². The van der Waals surface area contributed by atoms with Crippen molar-refractivity contribution in [1.82, 2.24) is 0 Å². The maximum absolute atomic E-state index is 5.34. The van der Waals surface area contributed by atoms with Crippen LogP contribution in [-0.2, 0) is 14.2 Å². The maximum atomic E-state index is 5.34. The average Bonchev–Trinajstić information content (AvgIpc) is 3.14. The number of alkyl halides is 1. The lowest BCUT2D eigenvalue weighted by molar-refractivity contribution is 0.129. The van der Waals surface area contributed by atoms with E-state index < -0.39 is 0 Å². The molecule has 4 heteroatoms. The van der Waals surface area contributed by atoms with Crippen molar-refractivity contribution in [2.24, 2.45) is 0 Å². The van der Waals surface area contributed by atoms with Gasteiger partial charge in [0.15, 0.2) is 0 Å². The maximum Gasteiger partial charge on any atom is 0.104 e. The molecule has 2 saturated heterocycles. The number of rotatable bonds is 4. The van der Waals surface area contributed by atoms with Crippen molar-refractivity contribution in [3.8, 4) is 0 Å². The molecule has 3 rings (SSSR count). The molecule has 1 aliphatic carbocycles. The Bertz CT molecular complexity index is 175. The number of fused-ring (bicyclic) bond motifs is 1. The third-order valence-electron chi connectivity index (χ3n) is 2.84. The van der Waals surface area contributed by atoms with Gasteiger partial charge >= 0.3 is 0 Å². The summed E-state index contributed by atoms with van der Waals surface area (Å²) in [5.41, 5.74) is 0. The first-order chi connectivity index (χ1) is 7.40. The molecule has 3 aliphatic rings. The van der Waals surface area contributed by atoms with Gasteiger partial charge in [0.1, 0.15) is 6.10 Å². The van der Waals surface area contributed by atoms with Gasteiger partial charge in [-0.3, -0.25) is 0 Å². The third-order valence-corrected chi connectivity index (χ3v) is 3.00. The largest absolute Gasteiger partial charge is 0.377 e. The number of ether oxygens (including phenoxy) is 3. The monoisotopic (exact) mass is 234 g/mol. The van der Waals surface area contributed by atoms with E-state index in [0.29, 0.717) is 37.4 Å². The van der Waals surface area contributed by atoms with E-state index in [4.69, 9.17) is 25.8 Å². The minimum Gasteiger partial charge on any atom is -0.377 e. The Morgan fingerprint density at radius 2 is 1.87 bits per heavy atom. The summed E-state index contributed by atoms with van der Waals surface area (Å²) in [6.45, 7) is 2.22. The Morgan fingerprint density at radius 3 is 2.33 bits per heavy atom. The summed E-state index contributed by atoms with van der Waals surface area (Å²) in [4.78, 5) is 0. The Morgan fingerprint density at radius 1 is 1.20 bits per heavy atom. The van der Waals surface area contributed by atoms with Crippen molar-refractivity contribution >= 4 is 11.6 Å². The molecule has 0 aromatic rings. The molecule has 88 valence electrons. The Kier molecular flexibility index (Phi) is 4.69. The van der Waals surface area contributed by atoms with Crippen molar-refractivity contribution < 1.29 is 14.2 Å². The zero-order valence-corrected chi connectivity index (χ0v) is 9.75.